The van der Waals surface area contributed by atoms with Crippen molar-refractivity contribution in [2.75, 3.05) is 13.6 Å². The maximum atomic E-state index is 14.1. The predicted octanol–water partition coefficient (Wildman–Crippen LogP) is 6.56. The summed E-state index contributed by atoms with van der Waals surface area (Å²) in [5, 5.41) is 6.79. The number of aromatic nitrogens is 1. The Bertz CT molecular complexity index is 1830. The number of rotatable bonds is 9. The zero-order valence-electron chi connectivity index (χ0n) is 25.7. The van der Waals surface area contributed by atoms with E-state index in [1.165, 1.54) is 5.39 Å². The monoisotopic (exact) mass is 584 g/mol. The minimum atomic E-state index is -0.539. The molecule has 1 aliphatic heterocycles. The van der Waals surface area contributed by atoms with Gasteiger partial charge in [0.2, 0.25) is 5.91 Å². The average Bonchev–Trinajstić information content (AvgIpc) is 3.60. The lowest BCUT2D eigenvalue weighted by Crippen LogP contribution is -2.49. The number of para-hydroxylation sites is 1. The summed E-state index contributed by atoms with van der Waals surface area (Å²) in [5.74, 6) is 0.298. The van der Waals surface area contributed by atoms with Crippen molar-refractivity contribution >= 4 is 33.5 Å². The highest BCUT2D eigenvalue weighted by molar-refractivity contribution is 6.07. The number of benzene rings is 4. The van der Waals surface area contributed by atoms with Gasteiger partial charge in [0.1, 0.15) is 6.04 Å². The molecule has 1 fully saturated rings. The molecule has 1 aliphatic rings. The average molecular weight is 585 g/mol. The molecule has 4 aromatic carbocycles. The van der Waals surface area contributed by atoms with Crippen LogP contribution in [0.15, 0.2) is 116 Å². The highest BCUT2D eigenvalue weighted by Crippen LogP contribution is 2.31. The summed E-state index contributed by atoms with van der Waals surface area (Å²) in [5.41, 5.74) is 4.57. The molecule has 6 nitrogen and oxygen atoms in total. The lowest BCUT2D eigenvalue weighted by atomic mass is 9.99. The third-order valence-corrected chi connectivity index (χ3v) is 8.85. The first-order valence-electron chi connectivity index (χ1n) is 15.4. The molecule has 0 saturated carbocycles. The van der Waals surface area contributed by atoms with Crippen molar-refractivity contribution in [1.82, 2.24) is 19.7 Å². The van der Waals surface area contributed by atoms with Gasteiger partial charge < -0.3 is 19.7 Å². The van der Waals surface area contributed by atoms with Crippen LogP contribution >= 0.6 is 0 Å². The van der Waals surface area contributed by atoms with Crippen LogP contribution in [0, 0.1) is 5.92 Å². The van der Waals surface area contributed by atoms with E-state index in [9.17, 15) is 9.59 Å². The van der Waals surface area contributed by atoms with Crippen LogP contribution in [0.2, 0.25) is 0 Å². The van der Waals surface area contributed by atoms with Gasteiger partial charge in [-0.15, -0.1) is 0 Å². The molecule has 6 heteroatoms. The fourth-order valence-electron chi connectivity index (χ4n) is 6.59. The van der Waals surface area contributed by atoms with Crippen molar-refractivity contribution in [3.63, 3.8) is 0 Å². The lowest BCUT2D eigenvalue weighted by molar-refractivity contribution is -0.132. The number of hydrogen-bond donors (Lipinski definition) is 1. The third-order valence-electron chi connectivity index (χ3n) is 8.85. The molecule has 5 aromatic rings. The molecule has 2 amide bonds. The number of carbonyl (C=O) groups is 2. The molecule has 2 heterocycles. The van der Waals surface area contributed by atoms with Gasteiger partial charge in [0.15, 0.2) is 0 Å². The van der Waals surface area contributed by atoms with Gasteiger partial charge in [-0.25, -0.2) is 0 Å². The molecule has 0 aliphatic carbocycles. The molecule has 1 unspecified atom stereocenters. The number of hydrogen-bond acceptors (Lipinski definition) is 3. The molecule has 1 N–H and O–H groups in total. The summed E-state index contributed by atoms with van der Waals surface area (Å²) in [4.78, 5) is 31.8. The van der Waals surface area contributed by atoms with Gasteiger partial charge in [-0.1, -0.05) is 104 Å². The van der Waals surface area contributed by atoms with Gasteiger partial charge in [0.05, 0.1) is 11.6 Å². The first kappa shape index (κ1) is 29.2. The molecule has 3 atom stereocenters. The van der Waals surface area contributed by atoms with E-state index < -0.39 is 6.04 Å². The number of likely N-dealkylation sites (tertiary alicyclic amines) is 1. The molecule has 1 aromatic heterocycles. The second-order valence-corrected chi connectivity index (χ2v) is 12.3. The van der Waals surface area contributed by atoms with E-state index in [0.29, 0.717) is 36.7 Å². The highest BCUT2D eigenvalue weighted by Gasteiger charge is 2.37. The first-order chi connectivity index (χ1) is 21.3. The third kappa shape index (κ3) is 5.98. The van der Waals surface area contributed by atoms with E-state index in [4.69, 9.17) is 0 Å². The van der Waals surface area contributed by atoms with E-state index in [1.54, 1.807) is 4.90 Å². The predicted molar refractivity (Wildman–Crippen MR) is 178 cm³/mol. The van der Waals surface area contributed by atoms with Crippen molar-refractivity contribution in [3.8, 4) is 0 Å². The number of nitrogens with zero attached hydrogens (tertiary/aromatic N) is 3. The van der Waals surface area contributed by atoms with Crippen LogP contribution in [0.4, 0.5) is 0 Å². The van der Waals surface area contributed by atoms with Crippen LogP contribution in [0.1, 0.15) is 34.8 Å². The summed E-state index contributed by atoms with van der Waals surface area (Å²) >= 11 is 0. The number of carbonyl (C=O) groups excluding carboxylic acids is 2. The van der Waals surface area contributed by atoms with Crippen molar-refractivity contribution < 1.29 is 9.59 Å². The standard InChI is InChI=1S/C38H40N4O2/c1-26-20-36(42(23-26)37(43)33-25-40(3)35-17-11-10-16-32(33)35)27(2)39-34(38(44)41(4)24-28-12-6-5-7-13-28)22-29-18-19-30-14-8-9-15-31(30)21-29/h5-19,21,25-26,34,36,39H,2,20,22-24H2,1,3-4H3/t26-,34+,36?/m1/s1. The Hall–Kier alpha value is -4.84. The van der Waals surface area contributed by atoms with Crippen LogP contribution in [0.25, 0.3) is 21.7 Å². The molecule has 0 radical (unpaired) electrons. The van der Waals surface area contributed by atoms with E-state index >= 15 is 0 Å². The van der Waals surface area contributed by atoms with Gasteiger partial charge in [-0.2, -0.15) is 0 Å². The summed E-state index contributed by atoms with van der Waals surface area (Å²) in [6, 6.07) is 31.9. The van der Waals surface area contributed by atoms with E-state index in [-0.39, 0.29) is 17.9 Å². The molecular formula is C38H40N4O2. The molecule has 1 saturated heterocycles. The normalized spacial score (nSPS) is 17.1. The second kappa shape index (κ2) is 12.4. The van der Waals surface area contributed by atoms with Crippen LogP contribution < -0.4 is 5.32 Å². The van der Waals surface area contributed by atoms with Crippen molar-refractivity contribution in [2.24, 2.45) is 13.0 Å². The highest BCUT2D eigenvalue weighted by atomic mass is 16.2. The Morgan fingerprint density at radius 3 is 2.43 bits per heavy atom. The summed E-state index contributed by atoms with van der Waals surface area (Å²) < 4.78 is 2.00. The Morgan fingerprint density at radius 2 is 1.64 bits per heavy atom. The quantitative estimate of drug-likeness (QED) is 0.214. The fraction of sp³-hybridized carbons (Fsp3) is 0.263. The van der Waals surface area contributed by atoms with E-state index in [0.717, 1.165) is 33.8 Å². The first-order valence-corrected chi connectivity index (χ1v) is 15.4. The fourth-order valence-corrected chi connectivity index (χ4v) is 6.59. The zero-order chi connectivity index (χ0) is 30.8. The van der Waals surface area contributed by atoms with Gasteiger partial charge in [0.25, 0.3) is 5.91 Å². The molecule has 0 spiro atoms. The number of amides is 2. The smallest absolute Gasteiger partial charge is 0.256 e. The van der Waals surface area contributed by atoms with Crippen LogP contribution in [-0.2, 0) is 24.8 Å². The number of fused-ring (bicyclic) bond motifs is 2. The summed E-state index contributed by atoms with van der Waals surface area (Å²) in [6.07, 6.45) is 3.22. The Morgan fingerprint density at radius 1 is 0.932 bits per heavy atom. The van der Waals surface area contributed by atoms with Gasteiger partial charge in [-0.3, -0.25) is 9.59 Å². The number of nitrogens with one attached hydrogen (secondary N) is 1. The van der Waals surface area contributed by atoms with Gasteiger partial charge >= 0.3 is 0 Å². The van der Waals surface area contributed by atoms with E-state index in [1.807, 2.05) is 96.5 Å². The summed E-state index contributed by atoms with van der Waals surface area (Å²) in [7, 11) is 3.82. The van der Waals surface area contributed by atoms with Gasteiger partial charge in [0, 0.05) is 56.4 Å². The van der Waals surface area contributed by atoms with Crippen molar-refractivity contribution in [2.45, 2.75) is 38.4 Å². The summed E-state index contributed by atoms with van der Waals surface area (Å²) in [6.45, 7) is 7.76. The van der Waals surface area contributed by atoms with Crippen molar-refractivity contribution in [1.29, 1.82) is 0 Å². The zero-order valence-corrected chi connectivity index (χ0v) is 25.7. The van der Waals surface area contributed by atoms with E-state index in [2.05, 4.69) is 49.2 Å². The SMILES string of the molecule is C=C(N[C@@H](Cc1ccc2ccccc2c1)C(=O)N(C)Cc1ccccc1)C1C[C@@H](C)CN1C(=O)c1cn(C)c2ccccc12. The maximum absolute atomic E-state index is 14.1. The van der Waals surface area contributed by atoms with Crippen molar-refractivity contribution in [3.05, 3.63) is 132 Å². The van der Waals surface area contributed by atoms with Crippen LogP contribution in [0.5, 0.6) is 0 Å². The second-order valence-electron chi connectivity index (χ2n) is 12.3. The molecule has 0 bridgehead atoms. The Labute approximate surface area is 259 Å². The maximum Gasteiger partial charge on any atom is 0.256 e. The topological polar surface area (TPSA) is 57.6 Å². The number of likely N-dealkylation sites (N-methyl/N-ethyl adjacent to an activating group) is 1. The molecule has 6 rings (SSSR count). The molecular weight excluding hydrogens is 544 g/mol. The largest absolute Gasteiger partial charge is 0.376 e. The molecule has 44 heavy (non-hydrogen) atoms. The lowest BCUT2D eigenvalue weighted by Gasteiger charge is -2.31. The minimum absolute atomic E-state index is 0.00213. The Balaban J connectivity index is 1.26. The van der Waals surface area contributed by atoms with Crippen LogP contribution in [0.3, 0.4) is 0 Å². The minimum Gasteiger partial charge on any atom is -0.376 e. The Kier molecular flexibility index (Phi) is 8.25. The number of aryl methyl sites for hydroxylation is 1. The van der Waals surface area contributed by atoms with Crippen LogP contribution in [-0.4, -0.2) is 51.9 Å². The van der Waals surface area contributed by atoms with Gasteiger partial charge in [-0.05, 0) is 40.3 Å². The molecule has 224 valence electrons.